The Kier molecular flexibility index (Phi) is 1.95. The summed E-state index contributed by atoms with van der Waals surface area (Å²) in [7, 11) is 1.50. The molecule has 0 heterocycles. The summed E-state index contributed by atoms with van der Waals surface area (Å²) < 4.78 is 5.26. The molecular formula is C14H10O3. The summed E-state index contributed by atoms with van der Waals surface area (Å²) in [4.78, 5) is 11.3. The highest BCUT2D eigenvalue weighted by Crippen LogP contribution is 2.42. The van der Waals surface area contributed by atoms with Crippen LogP contribution in [0.2, 0.25) is 0 Å². The molecule has 0 radical (unpaired) electrons. The minimum Gasteiger partial charge on any atom is -0.495 e. The first-order chi connectivity index (χ1) is 8.24. The van der Waals surface area contributed by atoms with E-state index in [1.165, 1.54) is 7.11 Å². The van der Waals surface area contributed by atoms with Gasteiger partial charge in [-0.2, -0.15) is 0 Å². The van der Waals surface area contributed by atoms with E-state index in [1.54, 1.807) is 0 Å². The van der Waals surface area contributed by atoms with Crippen LogP contribution in [0.15, 0.2) is 36.4 Å². The van der Waals surface area contributed by atoms with Crippen molar-refractivity contribution in [3.8, 4) is 0 Å². The highest BCUT2D eigenvalue weighted by Gasteiger charge is 2.28. The minimum absolute atomic E-state index is 0.249. The molecule has 0 aliphatic heterocycles. The Bertz CT molecular complexity index is 663. The molecule has 2 aromatic rings. The first-order valence-corrected chi connectivity index (χ1v) is 5.28. The molecule has 1 aliphatic rings. The maximum Gasteiger partial charge on any atom is 0.340 e. The van der Waals surface area contributed by atoms with Crippen LogP contribution in [0.3, 0.4) is 0 Å². The number of methoxy groups -OCH3 is 1. The van der Waals surface area contributed by atoms with Gasteiger partial charge in [0, 0.05) is 16.5 Å². The van der Waals surface area contributed by atoms with Gasteiger partial charge >= 0.3 is 5.97 Å². The molecule has 0 aromatic heterocycles. The third kappa shape index (κ3) is 1.19. The van der Waals surface area contributed by atoms with Gasteiger partial charge in [0.2, 0.25) is 0 Å². The highest BCUT2D eigenvalue weighted by atomic mass is 16.5. The van der Waals surface area contributed by atoms with Crippen LogP contribution < -0.4 is 0 Å². The fourth-order valence-corrected chi connectivity index (χ4v) is 2.42. The molecule has 0 spiro atoms. The van der Waals surface area contributed by atoms with E-state index in [1.807, 2.05) is 36.4 Å². The molecule has 1 N–H and O–H groups in total. The zero-order valence-electron chi connectivity index (χ0n) is 9.23. The van der Waals surface area contributed by atoms with E-state index in [9.17, 15) is 9.90 Å². The molecule has 0 saturated carbocycles. The van der Waals surface area contributed by atoms with Crippen molar-refractivity contribution in [2.75, 3.05) is 7.11 Å². The number of aliphatic carboxylic acids is 1. The molecule has 17 heavy (non-hydrogen) atoms. The van der Waals surface area contributed by atoms with E-state index in [4.69, 9.17) is 4.74 Å². The molecule has 0 fully saturated rings. The Hall–Kier alpha value is -2.29. The van der Waals surface area contributed by atoms with Crippen LogP contribution in [-0.2, 0) is 9.53 Å². The molecule has 3 rings (SSSR count). The Morgan fingerprint density at radius 3 is 2.35 bits per heavy atom. The van der Waals surface area contributed by atoms with Crippen molar-refractivity contribution in [2.24, 2.45) is 0 Å². The number of rotatable bonds is 2. The average molecular weight is 226 g/mol. The third-order valence-electron chi connectivity index (χ3n) is 3.06. The molecule has 3 nitrogen and oxygen atoms in total. The molecule has 0 unspecified atom stereocenters. The molecule has 0 atom stereocenters. The van der Waals surface area contributed by atoms with Gasteiger partial charge in [-0.3, -0.25) is 0 Å². The van der Waals surface area contributed by atoms with E-state index >= 15 is 0 Å². The maximum absolute atomic E-state index is 11.3. The number of carboxylic acids is 1. The second-order valence-corrected chi connectivity index (χ2v) is 3.92. The molecule has 2 aromatic carbocycles. The summed E-state index contributed by atoms with van der Waals surface area (Å²) >= 11 is 0. The SMILES string of the molecule is COC1=C(C(=O)O)c2cccc3cccc1c23. The highest BCUT2D eigenvalue weighted by molar-refractivity contribution is 6.31. The Labute approximate surface area is 97.9 Å². The van der Waals surface area contributed by atoms with Gasteiger partial charge in [-0.1, -0.05) is 36.4 Å². The molecule has 1 aliphatic carbocycles. The summed E-state index contributed by atoms with van der Waals surface area (Å²) in [6.45, 7) is 0. The van der Waals surface area contributed by atoms with E-state index in [-0.39, 0.29) is 5.57 Å². The molecule has 0 bridgehead atoms. The molecule has 0 amide bonds. The zero-order chi connectivity index (χ0) is 12.0. The predicted molar refractivity (Wildman–Crippen MR) is 65.4 cm³/mol. The molecule has 84 valence electrons. The first-order valence-electron chi connectivity index (χ1n) is 5.28. The van der Waals surface area contributed by atoms with Crippen LogP contribution in [0.1, 0.15) is 11.1 Å². The number of carbonyl (C=O) groups is 1. The summed E-state index contributed by atoms with van der Waals surface area (Å²) in [6, 6.07) is 11.4. The zero-order valence-corrected chi connectivity index (χ0v) is 9.23. The van der Waals surface area contributed by atoms with Gasteiger partial charge in [0.05, 0.1) is 7.11 Å². The quantitative estimate of drug-likeness (QED) is 0.856. The molecule has 0 saturated heterocycles. The van der Waals surface area contributed by atoms with Gasteiger partial charge in [-0.05, 0) is 5.39 Å². The smallest absolute Gasteiger partial charge is 0.340 e. The van der Waals surface area contributed by atoms with E-state index < -0.39 is 5.97 Å². The lowest BCUT2D eigenvalue weighted by molar-refractivity contribution is -0.130. The third-order valence-corrected chi connectivity index (χ3v) is 3.06. The normalized spacial score (nSPS) is 13.2. The summed E-state index contributed by atoms with van der Waals surface area (Å²) in [5.74, 6) is -0.505. The van der Waals surface area contributed by atoms with Gasteiger partial charge in [0.25, 0.3) is 0 Å². The minimum atomic E-state index is -0.953. The standard InChI is InChI=1S/C14H10O3/c1-17-13-10-7-3-5-8-4-2-6-9(11(8)10)12(13)14(15)16/h2-7H,1H3,(H,15,16). The second-order valence-electron chi connectivity index (χ2n) is 3.92. The van der Waals surface area contributed by atoms with Gasteiger partial charge in [-0.25, -0.2) is 4.79 Å². The lowest BCUT2D eigenvalue weighted by Crippen LogP contribution is -2.00. The van der Waals surface area contributed by atoms with Crippen LogP contribution >= 0.6 is 0 Å². The number of hydrogen-bond acceptors (Lipinski definition) is 2. The second kappa shape index (κ2) is 3.35. The monoisotopic (exact) mass is 226 g/mol. The van der Waals surface area contributed by atoms with E-state index in [0.717, 1.165) is 21.9 Å². The van der Waals surface area contributed by atoms with Crippen LogP contribution in [0.5, 0.6) is 0 Å². The van der Waals surface area contributed by atoms with Gasteiger partial charge in [0.15, 0.2) is 0 Å². The van der Waals surface area contributed by atoms with Crippen LogP contribution in [0.4, 0.5) is 0 Å². The molecule has 3 heteroatoms. The summed E-state index contributed by atoms with van der Waals surface area (Å²) in [6.07, 6.45) is 0. The van der Waals surface area contributed by atoms with Crippen molar-refractivity contribution >= 4 is 28.1 Å². The van der Waals surface area contributed by atoms with E-state index in [2.05, 4.69) is 0 Å². The van der Waals surface area contributed by atoms with Crippen molar-refractivity contribution in [2.45, 2.75) is 0 Å². The van der Waals surface area contributed by atoms with Crippen LogP contribution in [0, 0.1) is 0 Å². The van der Waals surface area contributed by atoms with Crippen molar-refractivity contribution in [1.29, 1.82) is 0 Å². The van der Waals surface area contributed by atoms with Crippen LogP contribution in [0.25, 0.3) is 22.1 Å². The Morgan fingerprint density at radius 2 is 1.76 bits per heavy atom. The van der Waals surface area contributed by atoms with Gasteiger partial charge in [-0.15, -0.1) is 0 Å². The van der Waals surface area contributed by atoms with Crippen LogP contribution in [-0.4, -0.2) is 18.2 Å². The summed E-state index contributed by atoms with van der Waals surface area (Å²) in [5, 5.41) is 11.3. The van der Waals surface area contributed by atoms with E-state index in [0.29, 0.717) is 5.76 Å². The Balaban J connectivity index is 2.47. The number of ether oxygens (including phenoxy) is 1. The lowest BCUT2D eigenvalue weighted by atomic mass is 10.0. The lowest BCUT2D eigenvalue weighted by Gasteiger charge is -2.04. The average Bonchev–Trinajstić information content (AvgIpc) is 2.66. The van der Waals surface area contributed by atoms with Crippen molar-refractivity contribution in [3.05, 3.63) is 47.5 Å². The van der Waals surface area contributed by atoms with Crippen molar-refractivity contribution in [1.82, 2.24) is 0 Å². The number of carboxylic acid groups (broad SMARTS) is 1. The maximum atomic E-state index is 11.3. The largest absolute Gasteiger partial charge is 0.495 e. The van der Waals surface area contributed by atoms with Gasteiger partial charge < -0.3 is 9.84 Å². The number of benzene rings is 2. The van der Waals surface area contributed by atoms with Crippen molar-refractivity contribution < 1.29 is 14.6 Å². The first kappa shape index (κ1) is 9.90. The summed E-state index contributed by atoms with van der Waals surface area (Å²) in [5.41, 5.74) is 1.85. The fraction of sp³-hybridized carbons (Fsp3) is 0.0714. The topological polar surface area (TPSA) is 46.5 Å². The van der Waals surface area contributed by atoms with Crippen molar-refractivity contribution in [3.63, 3.8) is 0 Å². The fourth-order valence-electron chi connectivity index (χ4n) is 2.42. The number of hydrogen-bond donors (Lipinski definition) is 1. The molecular weight excluding hydrogens is 216 g/mol. The predicted octanol–water partition coefficient (Wildman–Crippen LogP) is 2.75. The Morgan fingerprint density at radius 1 is 1.12 bits per heavy atom. The van der Waals surface area contributed by atoms with Gasteiger partial charge in [0.1, 0.15) is 11.3 Å².